The maximum absolute atomic E-state index is 12.7. The zero-order chi connectivity index (χ0) is 19.0. The summed E-state index contributed by atoms with van der Waals surface area (Å²) >= 11 is 0. The van der Waals surface area contributed by atoms with Crippen molar-refractivity contribution in [1.29, 1.82) is 0 Å². The molecule has 0 aromatic heterocycles. The molecule has 0 saturated carbocycles. The molecule has 2 aliphatic heterocycles. The van der Waals surface area contributed by atoms with Crippen molar-refractivity contribution < 1.29 is 19.1 Å². The van der Waals surface area contributed by atoms with Crippen molar-refractivity contribution in [3.8, 4) is 11.5 Å². The molecule has 2 aromatic carbocycles. The van der Waals surface area contributed by atoms with Gasteiger partial charge in [0.15, 0.2) is 6.61 Å². The lowest BCUT2D eigenvalue weighted by molar-refractivity contribution is -0.132. The number of carbonyl (C=O) groups excluding carboxylic acids is 2. The number of fused-ring (bicyclic) bond motifs is 2. The second-order valence-electron chi connectivity index (χ2n) is 7.12. The van der Waals surface area contributed by atoms with Crippen LogP contribution in [0.5, 0.6) is 11.5 Å². The van der Waals surface area contributed by atoms with E-state index in [9.17, 15) is 9.59 Å². The first kappa shape index (κ1) is 17.4. The average molecular weight is 366 g/mol. The van der Waals surface area contributed by atoms with Gasteiger partial charge in [-0.25, -0.2) is 0 Å². The van der Waals surface area contributed by atoms with Gasteiger partial charge in [0.25, 0.3) is 5.91 Å². The molecule has 2 aromatic rings. The Labute approximate surface area is 158 Å². The highest BCUT2D eigenvalue weighted by molar-refractivity contribution is 6.07. The molecule has 27 heavy (non-hydrogen) atoms. The van der Waals surface area contributed by atoms with E-state index in [1.165, 1.54) is 0 Å². The number of nitrogens with zero attached hydrogens (tertiary/aromatic N) is 1. The number of nitrogens with one attached hydrogen (secondary N) is 1. The third kappa shape index (κ3) is 3.01. The Morgan fingerprint density at radius 3 is 2.85 bits per heavy atom. The molecule has 140 valence electrons. The molecule has 0 aliphatic carbocycles. The van der Waals surface area contributed by atoms with Gasteiger partial charge in [-0.3, -0.25) is 9.59 Å². The van der Waals surface area contributed by atoms with Crippen molar-refractivity contribution in [3.05, 3.63) is 53.6 Å². The lowest BCUT2D eigenvalue weighted by Crippen LogP contribution is -2.40. The molecule has 1 fully saturated rings. The van der Waals surface area contributed by atoms with Gasteiger partial charge in [-0.2, -0.15) is 0 Å². The monoisotopic (exact) mass is 366 g/mol. The summed E-state index contributed by atoms with van der Waals surface area (Å²) in [5, 5.41) is 2.94. The van der Waals surface area contributed by atoms with E-state index < -0.39 is 5.41 Å². The molecule has 1 N–H and O–H groups in total. The first-order valence-electron chi connectivity index (χ1n) is 8.99. The minimum atomic E-state index is -0.705. The average Bonchev–Trinajstić information content (AvgIpc) is 3.23. The van der Waals surface area contributed by atoms with Crippen LogP contribution < -0.4 is 14.8 Å². The summed E-state index contributed by atoms with van der Waals surface area (Å²) in [7, 11) is 1.60. The molecule has 1 saturated heterocycles. The number of hydrogen-bond donors (Lipinski definition) is 1. The van der Waals surface area contributed by atoms with Crippen LogP contribution in [-0.4, -0.2) is 43.5 Å². The van der Waals surface area contributed by atoms with Crippen LogP contribution in [0.15, 0.2) is 42.5 Å². The third-order valence-corrected chi connectivity index (χ3v) is 5.40. The first-order chi connectivity index (χ1) is 13.0. The number of aryl methyl sites for hydroxylation is 1. The second kappa shape index (κ2) is 6.61. The second-order valence-corrected chi connectivity index (χ2v) is 7.12. The first-order valence-corrected chi connectivity index (χ1v) is 8.99. The highest BCUT2D eigenvalue weighted by Gasteiger charge is 2.52. The molecule has 4 rings (SSSR count). The predicted molar refractivity (Wildman–Crippen MR) is 101 cm³/mol. The van der Waals surface area contributed by atoms with Crippen molar-refractivity contribution in [2.24, 2.45) is 0 Å². The summed E-state index contributed by atoms with van der Waals surface area (Å²) in [4.78, 5) is 27.1. The van der Waals surface area contributed by atoms with E-state index in [1.807, 2.05) is 49.4 Å². The molecule has 6 nitrogen and oxygen atoms in total. The van der Waals surface area contributed by atoms with Crippen molar-refractivity contribution in [2.75, 3.05) is 32.1 Å². The maximum Gasteiger partial charge on any atom is 0.260 e. The number of anilines is 1. The normalized spacial score (nSPS) is 20.5. The summed E-state index contributed by atoms with van der Waals surface area (Å²) < 4.78 is 10.9. The molecular formula is C21H22N2O4. The van der Waals surface area contributed by atoms with Gasteiger partial charge in [0, 0.05) is 18.8 Å². The number of benzene rings is 2. The Hall–Kier alpha value is -3.02. The summed E-state index contributed by atoms with van der Waals surface area (Å²) in [6, 6.07) is 13.2. The van der Waals surface area contributed by atoms with E-state index >= 15 is 0 Å². The number of amides is 2. The molecule has 6 heteroatoms. The Kier molecular flexibility index (Phi) is 4.26. The van der Waals surface area contributed by atoms with E-state index in [0.717, 1.165) is 16.8 Å². The molecule has 1 spiro atoms. The molecular weight excluding hydrogens is 344 g/mol. The topological polar surface area (TPSA) is 67.9 Å². The fourth-order valence-electron chi connectivity index (χ4n) is 3.89. The van der Waals surface area contributed by atoms with Crippen LogP contribution in [0.25, 0.3) is 0 Å². The zero-order valence-corrected chi connectivity index (χ0v) is 15.5. The van der Waals surface area contributed by atoms with Gasteiger partial charge in [0.2, 0.25) is 5.91 Å². The molecule has 0 bridgehead atoms. The Morgan fingerprint density at radius 2 is 2.07 bits per heavy atom. The number of ether oxygens (including phenoxy) is 2. The van der Waals surface area contributed by atoms with E-state index in [4.69, 9.17) is 9.47 Å². The van der Waals surface area contributed by atoms with Gasteiger partial charge in [0.1, 0.15) is 11.5 Å². The van der Waals surface area contributed by atoms with Crippen LogP contribution in [-0.2, 0) is 15.0 Å². The minimum Gasteiger partial charge on any atom is -0.497 e. The molecule has 0 radical (unpaired) electrons. The molecule has 2 heterocycles. The Bertz CT molecular complexity index is 911. The van der Waals surface area contributed by atoms with Gasteiger partial charge in [-0.15, -0.1) is 0 Å². The van der Waals surface area contributed by atoms with Crippen LogP contribution in [0.1, 0.15) is 17.5 Å². The van der Waals surface area contributed by atoms with Crippen LogP contribution in [0.4, 0.5) is 5.69 Å². The minimum absolute atomic E-state index is 0.0356. The molecule has 1 atom stereocenters. The lowest BCUT2D eigenvalue weighted by atomic mass is 9.81. The van der Waals surface area contributed by atoms with E-state index in [2.05, 4.69) is 5.32 Å². The standard InChI is InChI=1S/C21H22N2O4/c1-14-4-3-5-16(10-14)27-12-19(24)23-9-8-21(13-23)17-11-15(26-2)6-7-18(17)22-20(21)25/h3-7,10-11H,8-9,12-13H2,1-2H3,(H,22,25)/t21-/m0/s1. The van der Waals surface area contributed by atoms with Crippen LogP contribution in [0.2, 0.25) is 0 Å². The Morgan fingerprint density at radius 1 is 1.22 bits per heavy atom. The van der Waals surface area contributed by atoms with Crippen molar-refractivity contribution in [1.82, 2.24) is 4.90 Å². The largest absolute Gasteiger partial charge is 0.497 e. The fraction of sp³-hybridized carbons (Fsp3) is 0.333. The third-order valence-electron chi connectivity index (χ3n) is 5.40. The zero-order valence-electron chi connectivity index (χ0n) is 15.5. The lowest BCUT2D eigenvalue weighted by Gasteiger charge is -2.23. The smallest absolute Gasteiger partial charge is 0.260 e. The summed E-state index contributed by atoms with van der Waals surface area (Å²) in [5.74, 6) is 1.21. The summed E-state index contributed by atoms with van der Waals surface area (Å²) in [5.41, 5.74) is 2.07. The van der Waals surface area contributed by atoms with Crippen LogP contribution in [0, 0.1) is 6.92 Å². The maximum atomic E-state index is 12.7. The van der Waals surface area contributed by atoms with E-state index in [1.54, 1.807) is 12.0 Å². The molecule has 2 amide bonds. The van der Waals surface area contributed by atoms with Crippen LogP contribution >= 0.6 is 0 Å². The quantitative estimate of drug-likeness (QED) is 0.903. The van der Waals surface area contributed by atoms with Gasteiger partial charge >= 0.3 is 0 Å². The number of likely N-dealkylation sites (tertiary alicyclic amines) is 1. The molecule has 2 aliphatic rings. The van der Waals surface area contributed by atoms with E-state index in [-0.39, 0.29) is 18.4 Å². The summed E-state index contributed by atoms with van der Waals surface area (Å²) in [6.07, 6.45) is 0.592. The van der Waals surface area contributed by atoms with Crippen molar-refractivity contribution >= 4 is 17.5 Å². The SMILES string of the molecule is COc1ccc2c(c1)[C@@]1(CCN(C(=O)COc3cccc(C)c3)C1)C(=O)N2. The summed E-state index contributed by atoms with van der Waals surface area (Å²) in [6.45, 7) is 2.82. The van der Waals surface area contributed by atoms with Crippen LogP contribution in [0.3, 0.4) is 0 Å². The number of hydrogen-bond acceptors (Lipinski definition) is 4. The molecule has 0 unspecified atom stereocenters. The van der Waals surface area contributed by atoms with E-state index in [0.29, 0.717) is 31.0 Å². The van der Waals surface area contributed by atoms with Gasteiger partial charge in [0.05, 0.1) is 12.5 Å². The van der Waals surface area contributed by atoms with Gasteiger partial charge in [-0.1, -0.05) is 12.1 Å². The number of carbonyl (C=O) groups is 2. The van der Waals surface area contributed by atoms with Gasteiger partial charge < -0.3 is 19.7 Å². The number of methoxy groups -OCH3 is 1. The Balaban J connectivity index is 1.48. The number of rotatable bonds is 4. The van der Waals surface area contributed by atoms with Crippen molar-refractivity contribution in [3.63, 3.8) is 0 Å². The van der Waals surface area contributed by atoms with Crippen molar-refractivity contribution in [2.45, 2.75) is 18.8 Å². The predicted octanol–water partition coefficient (Wildman–Crippen LogP) is 2.50. The van der Waals surface area contributed by atoms with Gasteiger partial charge in [-0.05, 0) is 54.8 Å². The highest BCUT2D eigenvalue weighted by Crippen LogP contribution is 2.45. The highest BCUT2D eigenvalue weighted by atomic mass is 16.5. The fourth-order valence-corrected chi connectivity index (χ4v) is 3.89.